The van der Waals surface area contributed by atoms with Gasteiger partial charge in [0.25, 0.3) is 0 Å². The van der Waals surface area contributed by atoms with Gasteiger partial charge in [0.05, 0.1) is 17.2 Å². The van der Waals surface area contributed by atoms with Crippen LogP contribution in [-0.4, -0.2) is 15.3 Å². The number of Topliss-reactive ketones (excluding diaryl/α,β-unsaturated/α-hetero) is 1. The molecule has 3 nitrogen and oxygen atoms in total. The van der Waals surface area contributed by atoms with E-state index < -0.39 is 0 Å². The lowest BCUT2D eigenvalue weighted by Gasteiger charge is -1.97. The van der Waals surface area contributed by atoms with Gasteiger partial charge < -0.3 is 4.57 Å². The molecule has 4 heteroatoms. The molecule has 0 saturated heterocycles. The maximum atomic E-state index is 11.1. The highest BCUT2D eigenvalue weighted by atomic mass is 32.1. The molecule has 2 aromatic heterocycles. The summed E-state index contributed by atoms with van der Waals surface area (Å²) in [6.07, 6.45) is 3.77. The summed E-state index contributed by atoms with van der Waals surface area (Å²) < 4.78 is 1.98. The van der Waals surface area contributed by atoms with Gasteiger partial charge in [-0.25, -0.2) is 4.98 Å². The molecule has 0 aliphatic heterocycles. The zero-order valence-electron chi connectivity index (χ0n) is 8.73. The van der Waals surface area contributed by atoms with Crippen molar-refractivity contribution < 1.29 is 4.79 Å². The van der Waals surface area contributed by atoms with Gasteiger partial charge in [0, 0.05) is 23.3 Å². The summed E-state index contributed by atoms with van der Waals surface area (Å²) in [4.78, 5) is 15.5. The van der Waals surface area contributed by atoms with Crippen molar-refractivity contribution in [2.45, 2.75) is 20.4 Å². The molecule has 0 aliphatic rings. The minimum Gasteiger partial charge on any atom is -0.348 e. The molecule has 0 bridgehead atoms. The summed E-state index contributed by atoms with van der Waals surface area (Å²) in [5.74, 6) is 0.100. The van der Waals surface area contributed by atoms with Crippen LogP contribution in [0.2, 0.25) is 0 Å². The number of aryl methyl sites for hydroxylation is 1. The van der Waals surface area contributed by atoms with Crippen LogP contribution in [0.15, 0.2) is 23.8 Å². The molecule has 78 valence electrons. The van der Waals surface area contributed by atoms with E-state index in [2.05, 4.69) is 4.98 Å². The van der Waals surface area contributed by atoms with Gasteiger partial charge in [0.1, 0.15) is 0 Å². The van der Waals surface area contributed by atoms with E-state index in [-0.39, 0.29) is 5.78 Å². The van der Waals surface area contributed by atoms with Crippen LogP contribution in [0.3, 0.4) is 0 Å². The first kappa shape index (κ1) is 10.1. The number of hydrogen-bond acceptors (Lipinski definition) is 3. The average Bonchev–Trinajstić information content (AvgIpc) is 2.76. The van der Waals surface area contributed by atoms with Crippen molar-refractivity contribution in [1.82, 2.24) is 9.55 Å². The maximum Gasteiger partial charge on any atom is 0.161 e. The molecule has 0 aromatic carbocycles. The molecular weight excluding hydrogens is 208 g/mol. The van der Waals surface area contributed by atoms with E-state index in [0.29, 0.717) is 0 Å². The van der Waals surface area contributed by atoms with Crippen LogP contribution in [0.5, 0.6) is 0 Å². The van der Waals surface area contributed by atoms with Crippen LogP contribution in [0, 0.1) is 6.92 Å². The molecule has 2 aromatic rings. The van der Waals surface area contributed by atoms with E-state index in [1.807, 2.05) is 35.3 Å². The third kappa shape index (κ3) is 2.33. The molecular formula is C11H12N2OS. The SMILES string of the molecule is CC(=O)c1ccn(Cc2csc(C)n2)c1. The Morgan fingerprint density at radius 3 is 2.93 bits per heavy atom. The summed E-state index contributed by atoms with van der Waals surface area (Å²) >= 11 is 1.65. The van der Waals surface area contributed by atoms with Gasteiger partial charge in [0.2, 0.25) is 0 Å². The third-order valence-electron chi connectivity index (χ3n) is 2.17. The molecule has 0 unspecified atom stereocenters. The summed E-state index contributed by atoms with van der Waals surface area (Å²) in [6, 6.07) is 1.83. The second-order valence-electron chi connectivity index (χ2n) is 3.49. The van der Waals surface area contributed by atoms with Crippen LogP contribution in [-0.2, 0) is 6.54 Å². The predicted octanol–water partition coefficient (Wildman–Crippen LogP) is 2.50. The molecule has 2 rings (SSSR count). The lowest BCUT2D eigenvalue weighted by atomic mass is 10.2. The Balaban J connectivity index is 2.14. The first-order chi connectivity index (χ1) is 7.15. The molecule has 2 heterocycles. The Morgan fingerprint density at radius 2 is 2.40 bits per heavy atom. The molecule has 0 radical (unpaired) electrons. The minimum atomic E-state index is 0.100. The first-order valence-electron chi connectivity index (χ1n) is 4.73. The zero-order chi connectivity index (χ0) is 10.8. The molecule has 0 aliphatic carbocycles. The minimum absolute atomic E-state index is 0.100. The molecule has 0 spiro atoms. The van der Waals surface area contributed by atoms with Gasteiger partial charge in [-0.15, -0.1) is 11.3 Å². The van der Waals surface area contributed by atoms with Crippen molar-refractivity contribution in [2.24, 2.45) is 0 Å². The van der Waals surface area contributed by atoms with E-state index in [0.717, 1.165) is 22.8 Å². The Morgan fingerprint density at radius 1 is 1.60 bits per heavy atom. The average molecular weight is 220 g/mol. The van der Waals surface area contributed by atoms with Crippen molar-refractivity contribution in [3.8, 4) is 0 Å². The number of aromatic nitrogens is 2. The van der Waals surface area contributed by atoms with Gasteiger partial charge in [-0.3, -0.25) is 4.79 Å². The number of carbonyl (C=O) groups is 1. The predicted molar refractivity (Wildman–Crippen MR) is 60.4 cm³/mol. The summed E-state index contributed by atoms with van der Waals surface area (Å²) in [5, 5.41) is 3.12. The Bertz CT molecular complexity index is 484. The summed E-state index contributed by atoms with van der Waals surface area (Å²) in [7, 11) is 0. The third-order valence-corrected chi connectivity index (χ3v) is 2.99. The smallest absolute Gasteiger partial charge is 0.161 e. The molecule has 15 heavy (non-hydrogen) atoms. The van der Waals surface area contributed by atoms with Crippen LogP contribution in [0.25, 0.3) is 0 Å². The zero-order valence-corrected chi connectivity index (χ0v) is 9.54. The number of ketones is 1. The van der Waals surface area contributed by atoms with Crippen molar-refractivity contribution in [3.63, 3.8) is 0 Å². The van der Waals surface area contributed by atoms with Gasteiger partial charge in [-0.05, 0) is 19.9 Å². The van der Waals surface area contributed by atoms with Gasteiger partial charge in [-0.1, -0.05) is 0 Å². The van der Waals surface area contributed by atoms with E-state index in [4.69, 9.17) is 0 Å². The Hall–Kier alpha value is -1.42. The Kier molecular flexibility index (Phi) is 2.68. The van der Waals surface area contributed by atoms with E-state index >= 15 is 0 Å². The van der Waals surface area contributed by atoms with E-state index in [1.54, 1.807) is 18.3 Å². The molecule has 0 atom stereocenters. The van der Waals surface area contributed by atoms with Crippen molar-refractivity contribution in [3.05, 3.63) is 40.1 Å². The highest BCUT2D eigenvalue weighted by Gasteiger charge is 2.03. The highest BCUT2D eigenvalue weighted by Crippen LogP contribution is 2.10. The standard InChI is InChI=1S/C11H12N2OS/c1-8(14)10-3-4-13(5-10)6-11-7-15-9(2)12-11/h3-5,7H,6H2,1-2H3. The van der Waals surface area contributed by atoms with Crippen LogP contribution in [0.4, 0.5) is 0 Å². The number of carbonyl (C=O) groups excluding carboxylic acids is 1. The van der Waals surface area contributed by atoms with Crippen molar-refractivity contribution >= 4 is 17.1 Å². The topological polar surface area (TPSA) is 34.9 Å². The second kappa shape index (κ2) is 3.98. The monoisotopic (exact) mass is 220 g/mol. The largest absolute Gasteiger partial charge is 0.348 e. The molecule has 0 fully saturated rings. The number of hydrogen-bond donors (Lipinski definition) is 0. The molecule has 0 amide bonds. The molecule has 0 saturated carbocycles. The molecule has 0 N–H and O–H groups in total. The lowest BCUT2D eigenvalue weighted by molar-refractivity contribution is 0.101. The van der Waals surface area contributed by atoms with Crippen molar-refractivity contribution in [1.29, 1.82) is 0 Å². The fraction of sp³-hybridized carbons (Fsp3) is 0.273. The fourth-order valence-electron chi connectivity index (χ4n) is 1.42. The number of rotatable bonds is 3. The summed E-state index contributed by atoms with van der Waals surface area (Å²) in [6.45, 7) is 4.30. The van der Waals surface area contributed by atoms with Gasteiger partial charge >= 0.3 is 0 Å². The lowest BCUT2D eigenvalue weighted by Crippen LogP contribution is -1.97. The summed E-state index contributed by atoms with van der Waals surface area (Å²) in [5.41, 5.74) is 1.80. The first-order valence-corrected chi connectivity index (χ1v) is 5.61. The fourth-order valence-corrected chi connectivity index (χ4v) is 2.02. The van der Waals surface area contributed by atoms with E-state index in [9.17, 15) is 4.79 Å². The van der Waals surface area contributed by atoms with Gasteiger partial charge in [0.15, 0.2) is 5.78 Å². The van der Waals surface area contributed by atoms with E-state index in [1.165, 1.54) is 0 Å². The quantitative estimate of drug-likeness (QED) is 0.745. The highest BCUT2D eigenvalue weighted by molar-refractivity contribution is 7.09. The van der Waals surface area contributed by atoms with Crippen LogP contribution in [0.1, 0.15) is 28.0 Å². The van der Waals surface area contributed by atoms with Gasteiger partial charge in [-0.2, -0.15) is 0 Å². The number of nitrogens with zero attached hydrogens (tertiary/aromatic N) is 2. The Labute approximate surface area is 92.4 Å². The second-order valence-corrected chi connectivity index (χ2v) is 4.55. The van der Waals surface area contributed by atoms with Crippen LogP contribution >= 0.6 is 11.3 Å². The van der Waals surface area contributed by atoms with Crippen molar-refractivity contribution in [2.75, 3.05) is 0 Å². The van der Waals surface area contributed by atoms with Crippen LogP contribution < -0.4 is 0 Å². The number of thiazole rings is 1. The normalized spacial score (nSPS) is 10.5. The maximum absolute atomic E-state index is 11.1.